The highest BCUT2D eigenvalue weighted by molar-refractivity contribution is 5.44. The van der Waals surface area contributed by atoms with E-state index >= 15 is 0 Å². The first kappa shape index (κ1) is 7.85. The van der Waals surface area contributed by atoms with Gasteiger partial charge in [-0.05, 0) is 18.6 Å². The van der Waals surface area contributed by atoms with Crippen molar-refractivity contribution in [1.29, 1.82) is 0 Å². The first-order chi connectivity index (χ1) is 5.18. The van der Waals surface area contributed by atoms with E-state index in [1.54, 1.807) is 18.3 Å². The fraction of sp³-hybridized carbons (Fsp3) is 0.125. The Morgan fingerprint density at radius 3 is 2.64 bits per heavy atom. The first-order valence-corrected chi connectivity index (χ1v) is 3.14. The summed E-state index contributed by atoms with van der Waals surface area (Å²) in [5.74, 6) is 0. The molecule has 0 amide bonds. The Morgan fingerprint density at radius 2 is 2.18 bits per heavy atom. The maximum Gasteiger partial charge on any atom is 0.272 e. The average Bonchev–Trinajstić information content (AvgIpc) is 1.93. The van der Waals surface area contributed by atoms with Gasteiger partial charge in [0.15, 0.2) is 0 Å². The Hall–Kier alpha value is -1.25. The molecule has 1 rings (SSSR count). The molecule has 0 N–H and O–H groups in total. The summed E-state index contributed by atoms with van der Waals surface area (Å²) in [5.41, 5.74) is 1.25. The van der Waals surface area contributed by atoms with Gasteiger partial charge in [-0.15, -0.1) is 0 Å². The minimum Gasteiger partial charge on any atom is -0.256 e. The second kappa shape index (κ2) is 3.23. The van der Waals surface area contributed by atoms with Gasteiger partial charge < -0.3 is 0 Å². The fourth-order valence-electron chi connectivity index (χ4n) is 0.676. The topological polar surface area (TPSA) is 12.9 Å². The van der Waals surface area contributed by atoms with Crippen LogP contribution in [-0.4, -0.2) is 4.98 Å². The molecule has 0 radical (unpaired) electrons. The van der Waals surface area contributed by atoms with Crippen LogP contribution in [0.25, 0.3) is 6.08 Å². The molecular formula is C8H7F2N. The van der Waals surface area contributed by atoms with Crippen LogP contribution in [0.5, 0.6) is 0 Å². The van der Waals surface area contributed by atoms with Crippen LogP contribution in [0, 0.1) is 6.92 Å². The SMILES string of the molecule is Cc1ccc(C=C(F)F)nc1. The number of hydrogen-bond acceptors (Lipinski definition) is 1. The lowest BCUT2D eigenvalue weighted by atomic mass is 10.3. The van der Waals surface area contributed by atoms with Gasteiger partial charge in [0.2, 0.25) is 0 Å². The molecule has 58 valence electrons. The van der Waals surface area contributed by atoms with Crippen LogP contribution in [0.2, 0.25) is 0 Å². The Bertz CT molecular complexity index is 260. The fourth-order valence-corrected chi connectivity index (χ4v) is 0.676. The van der Waals surface area contributed by atoms with E-state index in [1.807, 2.05) is 6.92 Å². The van der Waals surface area contributed by atoms with Crippen LogP contribution in [-0.2, 0) is 0 Å². The number of aryl methyl sites for hydroxylation is 1. The molecule has 0 saturated carbocycles. The van der Waals surface area contributed by atoms with Crippen molar-refractivity contribution >= 4 is 6.08 Å². The van der Waals surface area contributed by atoms with Crippen molar-refractivity contribution in [3.05, 3.63) is 35.7 Å². The molecule has 0 aliphatic heterocycles. The van der Waals surface area contributed by atoms with Gasteiger partial charge in [-0.2, -0.15) is 8.78 Å². The molecule has 1 nitrogen and oxygen atoms in total. The van der Waals surface area contributed by atoms with Crippen LogP contribution < -0.4 is 0 Å². The number of rotatable bonds is 1. The van der Waals surface area contributed by atoms with Gasteiger partial charge in [-0.1, -0.05) is 6.07 Å². The van der Waals surface area contributed by atoms with Crippen molar-refractivity contribution in [2.75, 3.05) is 0 Å². The summed E-state index contributed by atoms with van der Waals surface area (Å²) in [6.45, 7) is 1.85. The average molecular weight is 155 g/mol. The van der Waals surface area contributed by atoms with E-state index in [9.17, 15) is 8.78 Å². The lowest BCUT2D eigenvalue weighted by Crippen LogP contribution is -1.80. The van der Waals surface area contributed by atoms with Crippen LogP contribution in [0.15, 0.2) is 24.4 Å². The van der Waals surface area contributed by atoms with Crippen molar-refractivity contribution in [1.82, 2.24) is 4.98 Å². The summed E-state index contributed by atoms with van der Waals surface area (Å²) in [5, 5.41) is 0. The van der Waals surface area contributed by atoms with Crippen LogP contribution in [0.4, 0.5) is 8.78 Å². The van der Waals surface area contributed by atoms with Gasteiger partial charge >= 0.3 is 0 Å². The molecular weight excluding hydrogens is 148 g/mol. The highest BCUT2D eigenvalue weighted by atomic mass is 19.3. The van der Waals surface area contributed by atoms with E-state index in [4.69, 9.17) is 0 Å². The molecule has 0 aliphatic rings. The number of aromatic nitrogens is 1. The monoisotopic (exact) mass is 155 g/mol. The first-order valence-electron chi connectivity index (χ1n) is 3.14. The second-order valence-electron chi connectivity index (χ2n) is 2.19. The summed E-state index contributed by atoms with van der Waals surface area (Å²) < 4.78 is 23.3. The smallest absolute Gasteiger partial charge is 0.256 e. The second-order valence-corrected chi connectivity index (χ2v) is 2.19. The third-order valence-corrected chi connectivity index (χ3v) is 1.19. The number of nitrogens with zero attached hydrogens (tertiary/aromatic N) is 1. The van der Waals surface area contributed by atoms with Crippen molar-refractivity contribution in [3.63, 3.8) is 0 Å². The highest BCUT2D eigenvalue weighted by Crippen LogP contribution is 2.06. The third kappa shape index (κ3) is 2.45. The van der Waals surface area contributed by atoms with E-state index in [1.165, 1.54) is 0 Å². The predicted octanol–water partition coefficient (Wildman–Crippen LogP) is 2.63. The molecule has 1 aromatic heterocycles. The van der Waals surface area contributed by atoms with Crippen LogP contribution in [0.3, 0.4) is 0 Å². The maximum atomic E-state index is 11.6. The zero-order valence-corrected chi connectivity index (χ0v) is 6.01. The molecule has 0 saturated heterocycles. The zero-order chi connectivity index (χ0) is 8.27. The molecule has 0 unspecified atom stereocenters. The van der Waals surface area contributed by atoms with Gasteiger partial charge in [-0.3, -0.25) is 4.98 Å². The standard InChI is InChI=1S/C8H7F2N/c1-6-2-3-7(11-5-6)4-8(9)10/h2-5H,1H3. The number of hydrogen-bond donors (Lipinski definition) is 0. The van der Waals surface area contributed by atoms with Crippen molar-refractivity contribution < 1.29 is 8.78 Å². The summed E-state index contributed by atoms with van der Waals surface area (Å²) in [6, 6.07) is 3.29. The van der Waals surface area contributed by atoms with E-state index in [-0.39, 0.29) is 5.69 Å². The molecule has 0 aliphatic carbocycles. The Labute approximate surface area is 63.4 Å². The third-order valence-electron chi connectivity index (χ3n) is 1.19. The molecule has 11 heavy (non-hydrogen) atoms. The van der Waals surface area contributed by atoms with Crippen molar-refractivity contribution in [3.8, 4) is 0 Å². The molecule has 1 heterocycles. The molecule has 3 heteroatoms. The van der Waals surface area contributed by atoms with Crippen LogP contribution >= 0.6 is 0 Å². The summed E-state index contributed by atoms with van der Waals surface area (Å²) in [4.78, 5) is 3.76. The van der Waals surface area contributed by atoms with Gasteiger partial charge in [0.05, 0.1) is 5.69 Å². The Morgan fingerprint density at radius 1 is 1.45 bits per heavy atom. The zero-order valence-electron chi connectivity index (χ0n) is 6.01. The molecule has 0 spiro atoms. The van der Waals surface area contributed by atoms with Crippen molar-refractivity contribution in [2.24, 2.45) is 0 Å². The lowest BCUT2D eigenvalue weighted by Gasteiger charge is -1.91. The number of halogens is 2. The van der Waals surface area contributed by atoms with E-state index in [2.05, 4.69) is 4.98 Å². The lowest BCUT2D eigenvalue weighted by molar-refractivity contribution is 0.429. The van der Waals surface area contributed by atoms with E-state index in [0.717, 1.165) is 11.6 Å². The predicted molar refractivity (Wildman–Crippen MR) is 39.2 cm³/mol. The molecule has 0 aromatic carbocycles. The molecule has 0 bridgehead atoms. The Kier molecular flexibility index (Phi) is 2.31. The Balaban J connectivity index is 2.91. The summed E-state index contributed by atoms with van der Waals surface area (Å²) in [6.07, 6.45) is 0.565. The normalized spacial score (nSPS) is 9.36. The van der Waals surface area contributed by atoms with Crippen molar-refractivity contribution in [2.45, 2.75) is 6.92 Å². The number of pyridine rings is 1. The molecule has 1 aromatic rings. The van der Waals surface area contributed by atoms with Gasteiger partial charge in [-0.25, -0.2) is 0 Å². The summed E-state index contributed by atoms with van der Waals surface area (Å²) in [7, 11) is 0. The van der Waals surface area contributed by atoms with Gasteiger partial charge in [0.25, 0.3) is 6.08 Å². The molecule has 0 atom stereocenters. The van der Waals surface area contributed by atoms with E-state index < -0.39 is 6.08 Å². The quantitative estimate of drug-likeness (QED) is 0.607. The maximum absolute atomic E-state index is 11.6. The van der Waals surface area contributed by atoms with E-state index in [0.29, 0.717) is 0 Å². The van der Waals surface area contributed by atoms with Gasteiger partial charge in [0, 0.05) is 12.3 Å². The summed E-state index contributed by atoms with van der Waals surface area (Å²) >= 11 is 0. The largest absolute Gasteiger partial charge is 0.272 e. The van der Waals surface area contributed by atoms with Crippen LogP contribution in [0.1, 0.15) is 11.3 Å². The minimum absolute atomic E-state index is 0.288. The highest BCUT2D eigenvalue weighted by Gasteiger charge is 1.92. The minimum atomic E-state index is -1.72. The van der Waals surface area contributed by atoms with Gasteiger partial charge in [0.1, 0.15) is 0 Å². The molecule has 0 fully saturated rings.